The number of methoxy groups -OCH3 is 2. The molecule has 2 aliphatic heterocycles. The fourth-order valence-corrected chi connectivity index (χ4v) is 4.63. The second kappa shape index (κ2) is 6.76. The molecule has 2 spiro atoms. The van der Waals surface area contributed by atoms with Crippen LogP contribution in [-0.4, -0.2) is 69.3 Å². The number of benzene rings is 1. The Morgan fingerprint density at radius 2 is 1.82 bits per heavy atom. The van der Waals surface area contributed by atoms with E-state index in [0.717, 1.165) is 36.3 Å². The van der Waals surface area contributed by atoms with E-state index >= 15 is 0 Å². The van der Waals surface area contributed by atoms with Gasteiger partial charge in [-0.2, -0.15) is 0 Å². The van der Waals surface area contributed by atoms with Crippen molar-refractivity contribution >= 4 is 10.9 Å². The van der Waals surface area contributed by atoms with E-state index in [4.69, 9.17) is 23.7 Å². The molecular weight excluding hydrogens is 360 g/mol. The third-order valence-corrected chi connectivity index (χ3v) is 6.25. The average molecular weight is 386 g/mol. The van der Waals surface area contributed by atoms with Gasteiger partial charge in [0.1, 0.15) is 12.4 Å². The molecule has 0 N–H and O–H groups in total. The fourth-order valence-electron chi connectivity index (χ4n) is 4.63. The first-order chi connectivity index (χ1) is 13.7. The lowest BCUT2D eigenvalue weighted by atomic mass is 10.00. The number of rotatable bonds is 6. The minimum atomic E-state index is -0.381. The molecule has 2 aromatic rings. The third-order valence-electron chi connectivity index (χ3n) is 6.25. The normalized spacial score (nSPS) is 22.2. The van der Waals surface area contributed by atoms with Gasteiger partial charge in [-0.3, -0.25) is 9.88 Å². The first-order valence-electron chi connectivity index (χ1n) is 9.82. The average Bonchev–Trinajstić information content (AvgIpc) is 3.23. The van der Waals surface area contributed by atoms with Gasteiger partial charge in [-0.05, 0) is 25.0 Å². The van der Waals surface area contributed by atoms with Crippen molar-refractivity contribution in [1.82, 2.24) is 9.88 Å². The zero-order valence-corrected chi connectivity index (χ0v) is 16.4. The molecule has 1 aromatic heterocycles. The van der Waals surface area contributed by atoms with Crippen LogP contribution >= 0.6 is 0 Å². The van der Waals surface area contributed by atoms with Crippen molar-refractivity contribution in [3.8, 4) is 17.2 Å². The van der Waals surface area contributed by atoms with Crippen molar-refractivity contribution in [2.24, 2.45) is 5.41 Å². The largest absolute Gasteiger partial charge is 0.496 e. The van der Waals surface area contributed by atoms with Gasteiger partial charge in [0.15, 0.2) is 17.3 Å². The molecule has 7 heteroatoms. The Balaban J connectivity index is 1.28. The summed E-state index contributed by atoms with van der Waals surface area (Å²) in [5.74, 6) is 1.76. The summed E-state index contributed by atoms with van der Waals surface area (Å²) in [7, 11) is 3.30. The summed E-state index contributed by atoms with van der Waals surface area (Å²) in [5, 5.41) is 0.905. The molecule has 5 rings (SSSR count). The molecule has 3 fully saturated rings. The Hall–Kier alpha value is -2.09. The molecule has 0 bridgehead atoms. The van der Waals surface area contributed by atoms with E-state index in [1.165, 1.54) is 12.8 Å². The van der Waals surface area contributed by atoms with Gasteiger partial charge in [-0.25, -0.2) is 0 Å². The van der Waals surface area contributed by atoms with Crippen LogP contribution in [-0.2, 0) is 9.47 Å². The Morgan fingerprint density at radius 1 is 1.04 bits per heavy atom. The Labute approximate surface area is 164 Å². The van der Waals surface area contributed by atoms with Crippen molar-refractivity contribution in [1.29, 1.82) is 0 Å². The highest BCUT2D eigenvalue weighted by Gasteiger charge is 2.67. The molecule has 0 amide bonds. The summed E-state index contributed by atoms with van der Waals surface area (Å²) >= 11 is 0. The highest BCUT2D eigenvalue weighted by atomic mass is 16.7. The van der Waals surface area contributed by atoms with Crippen molar-refractivity contribution < 1.29 is 23.7 Å². The van der Waals surface area contributed by atoms with Crippen LogP contribution in [0, 0.1) is 5.41 Å². The third kappa shape index (κ3) is 2.80. The molecule has 28 heavy (non-hydrogen) atoms. The minimum absolute atomic E-state index is 0.199. The first kappa shape index (κ1) is 18.0. The first-order valence-corrected chi connectivity index (χ1v) is 9.82. The zero-order chi connectivity index (χ0) is 19.2. The second-order valence-electron chi connectivity index (χ2n) is 7.82. The van der Waals surface area contributed by atoms with Crippen molar-refractivity contribution in [3.63, 3.8) is 0 Å². The lowest BCUT2D eigenvalue weighted by molar-refractivity contribution is -0.182. The highest BCUT2D eigenvalue weighted by Crippen LogP contribution is 2.61. The lowest BCUT2D eigenvalue weighted by Crippen LogP contribution is -2.41. The maximum atomic E-state index is 6.08. The summed E-state index contributed by atoms with van der Waals surface area (Å²) in [6.45, 7) is 4.64. The van der Waals surface area contributed by atoms with E-state index in [1.807, 2.05) is 18.2 Å². The van der Waals surface area contributed by atoms with Gasteiger partial charge >= 0.3 is 0 Å². The number of ether oxygens (including phenoxy) is 5. The van der Waals surface area contributed by atoms with Gasteiger partial charge in [0.25, 0.3) is 0 Å². The number of nitrogens with zero attached hydrogens (tertiary/aromatic N) is 2. The van der Waals surface area contributed by atoms with Gasteiger partial charge < -0.3 is 23.7 Å². The Morgan fingerprint density at radius 3 is 2.54 bits per heavy atom. The van der Waals surface area contributed by atoms with E-state index in [0.29, 0.717) is 31.3 Å². The van der Waals surface area contributed by atoms with Crippen molar-refractivity contribution in [2.75, 3.05) is 53.7 Å². The molecule has 0 unspecified atom stereocenters. The highest BCUT2D eigenvalue weighted by molar-refractivity contribution is 5.88. The summed E-state index contributed by atoms with van der Waals surface area (Å²) < 4.78 is 29.1. The standard InChI is InChI=1S/C21H26N2O5/c1-24-17-3-6-22-16-12-19(18(25-2)11-15(16)17)26-8-7-23-13-20(4-5-20)21(14-23)27-9-10-28-21/h3,6,11-12H,4-5,7-10,13-14H2,1-2H3. The SMILES string of the molecule is COc1cc2c(OC)ccnc2cc1OCCN1CC2(CC2)C2(C1)OCCO2. The number of aromatic nitrogens is 1. The molecule has 150 valence electrons. The molecule has 2 saturated heterocycles. The van der Waals surface area contributed by atoms with E-state index < -0.39 is 0 Å². The number of hydrogen-bond donors (Lipinski definition) is 0. The van der Waals surface area contributed by atoms with Crippen LogP contribution in [0.5, 0.6) is 17.2 Å². The van der Waals surface area contributed by atoms with Crippen LogP contribution in [0.25, 0.3) is 10.9 Å². The molecule has 7 nitrogen and oxygen atoms in total. The predicted molar refractivity (Wildman–Crippen MR) is 103 cm³/mol. The van der Waals surface area contributed by atoms with Gasteiger partial charge in [0.05, 0.1) is 39.5 Å². The van der Waals surface area contributed by atoms with Gasteiger partial charge in [0, 0.05) is 36.2 Å². The maximum absolute atomic E-state index is 6.08. The molecule has 1 aromatic carbocycles. The monoisotopic (exact) mass is 386 g/mol. The van der Waals surface area contributed by atoms with E-state index in [-0.39, 0.29) is 11.2 Å². The van der Waals surface area contributed by atoms with Crippen LogP contribution in [0.1, 0.15) is 12.8 Å². The van der Waals surface area contributed by atoms with Gasteiger partial charge in [0.2, 0.25) is 0 Å². The molecular formula is C21H26N2O5. The van der Waals surface area contributed by atoms with Crippen LogP contribution in [0.2, 0.25) is 0 Å². The molecule has 1 aliphatic carbocycles. The number of hydrogen-bond acceptors (Lipinski definition) is 7. The molecule has 0 radical (unpaired) electrons. The van der Waals surface area contributed by atoms with Crippen LogP contribution in [0.3, 0.4) is 0 Å². The van der Waals surface area contributed by atoms with E-state index in [2.05, 4.69) is 9.88 Å². The van der Waals surface area contributed by atoms with Gasteiger partial charge in [-0.15, -0.1) is 0 Å². The second-order valence-corrected chi connectivity index (χ2v) is 7.82. The zero-order valence-electron chi connectivity index (χ0n) is 16.4. The minimum Gasteiger partial charge on any atom is -0.496 e. The topological polar surface area (TPSA) is 62.3 Å². The number of pyridine rings is 1. The molecule has 3 aliphatic rings. The van der Waals surface area contributed by atoms with E-state index in [9.17, 15) is 0 Å². The summed E-state index contributed by atoms with van der Waals surface area (Å²) in [5.41, 5.74) is 1.02. The van der Waals surface area contributed by atoms with Crippen LogP contribution < -0.4 is 14.2 Å². The summed E-state index contributed by atoms with van der Waals surface area (Å²) in [6.07, 6.45) is 4.12. The summed E-state index contributed by atoms with van der Waals surface area (Å²) in [4.78, 5) is 6.82. The summed E-state index contributed by atoms with van der Waals surface area (Å²) in [6, 6.07) is 5.67. The Bertz CT molecular complexity index is 876. The van der Waals surface area contributed by atoms with Crippen LogP contribution in [0.15, 0.2) is 24.4 Å². The number of fused-ring (bicyclic) bond motifs is 2. The quantitative estimate of drug-likeness (QED) is 0.756. The van der Waals surface area contributed by atoms with Crippen molar-refractivity contribution in [2.45, 2.75) is 18.6 Å². The van der Waals surface area contributed by atoms with Crippen molar-refractivity contribution in [3.05, 3.63) is 24.4 Å². The molecule has 3 heterocycles. The predicted octanol–water partition coefficient (Wildman–Crippen LogP) is 2.47. The number of likely N-dealkylation sites (tertiary alicyclic amines) is 1. The molecule has 0 atom stereocenters. The fraction of sp³-hybridized carbons (Fsp3) is 0.571. The van der Waals surface area contributed by atoms with Crippen LogP contribution in [0.4, 0.5) is 0 Å². The maximum Gasteiger partial charge on any atom is 0.188 e. The lowest BCUT2D eigenvalue weighted by Gasteiger charge is -2.28. The van der Waals surface area contributed by atoms with E-state index in [1.54, 1.807) is 20.4 Å². The van der Waals surface area contributed by atoms with Gasteiger partial charge in [-0.1, -0.05) is 0 Å². The Kier molecular flexibility index (Phi) is 4.34. The smallest absolute Gasteiger partial charge is 0.188 e. The molecule has 1 saturated carbocycles.